The van der Waals surface area contributed by atoms with Crippen LogP contribution in [0.25, 0.3) is 22.4 Å². The molecule has 0 radical (unpaired) electrons. The highest BCUT2D eigenvalue weighted by atomic mass is 19.1. The van der Waals surface area contributed by atoms with Crippen molar-refractivity contribution in [3.63, 3.8) is 0 Å². The Balaban J connectivity index is 2.02. The van der Waals surface area contributed by atoms with E-state index in [1.807, 2.05) is 24.3 Å². The van der Waals surface area contributed by atoms with Crippen molar-refractivity contribution in [2.75, 3.05) is 0 Å². The standard InChI is InChI=1S/C19H17FN2O/c20-15-5-3-14(4-6-15)19-18(13-7-9-21-10-8-13)16(12-23)17-2-1-11-22(17)19/h3-10,23H,1-2,11-12H2. The van der Waals surface area contributed by atoms with Crippen LogP contribution in [0.15, 0.2) is 48.8 Å². The molecule has 4 heteroatoms. The predicted molar refractivity (Wildman–Crippen MR) is 87.3 cm³/mol. The van der Waals surface area contributed by atoms with Gasteiger partial charge in [0.1, 0.15) is 5.82 Å². The second kappa shape index (κ2) is 5.63. The van der Waals surface area contributed by atoms with Crippen LogP contribution in [0.5, 0.6) is 0 Å². The van der Waals surface area contributed by atoms with Crippen molar-refractivity contribution in [1.29, 1.82) is 0 Å². The van der Waals surface area contributed by atoms with Crippen LogP contribution in [-0.2, 0) is 19.6 Å². The molecule has 2 aromatic heterocycles. The van der Waals surface area contributed by atoms with Gasteiger partial charge in [0, 0.05) is 35.8 Å². The molecule has 23 heavy (non-hydrogen) atoms. The third kappa shape index (κ3) is 2.26. The highest BCUT2D eigenvalue weighted by Crippen LogP contribution is 2.41. The monoisotopic (exact) mass is 308 g/mol. The number of aliphatic hydroxyl groups is 1. The highest BCUT2D eigenvalue weighted by Gasteiger charge is 2.26. The lowest BCUT2D eigenvalue weighted by atomic mass is 9.97. The van der Waals surface area contributed by atoms with E-state index < -0.39 is 0 Å². The van der Waals surface area contributed by atoms with Gasteiger partial charge in [-0.15, -0.1) is 0 Å². The summed E-state index contributed by atoms with van der Waals surface area (Å²) in [6, 6.07) is 10.5. The van der Waals surface area contributed by atoms with Crippen LogP contribution in [0.3, 0.4) is 0 Å². The number of pyridine rings is 1. The second-order valence-electron chi connectivity index (χ2n) is 5.80. The van der Waals surface area contributed by atoms with E-state index >= 15 is 0 Å². The Hall–Kier alpha value is -2.46. The quantitative estimate of drug-likeness (QED) is 0.799. The lowest BCUT2D eigenvalue weighted by Gasteiger charge is -2.11. The van der Waals surface area contributed by atoms with Crippen LogP contribution in [0.4, 0.5) is 4.39 Å². The van der Waals surface area contributed by atoms with Crippen molar-refractivity contribution in [2.24, 2.45) is 0 Å². The van der Waals surface area contributed by atoms with E-state index in [4.69, 9.17) is 0 Å². The largest absolute Gasteiger partial charge is 0.392 e. The number of hydrogen-bond donors (Lipinski definition) is 1. The summed E-state index contributed by atoms with van der Waals surface area (Å²) in [5.74, 6) is -0.241. The predicted octanol–water partition coefficient (Wildman–Crippen LogP) is 3.79. The number of aromatic nitrogens is 2. The molecular weight excluding hydrogens is 291 g/mol. The molecule has 0 bridgehead atoms. The van der Waals surface area contributed by atoms with Gasteiger partial charge in [0.25, 0.3) is 0 Å². The van der Waals surface area contributed by atoms with Gasteiger partial charge in [0.2, 0.25) is 0 Å². The van der Waals surface area contributed by atoms with Crippen molar-refractivity contribution in [1.82, 2.24) is 9.55 Å². The van der Waals surface area contributed by atoms with Crippen molar-refractivity contribution in [2.45, 2.75) is 26.0 Å². The summed E-state index contributed by atoms with van der Waals surface area (Å²) in [6.45, 7) is 0.939. The van der Waals surface area contributed by atoms with Gasteiger partial charge < -0.3 is 9.67 Å². The van der Waals surface area contributed by atoms with Gasteiger partial charge in [-0.25, -0.2) is 4.39 Å². The van der Waals surface area contributed by atoms with E-state index in [1.54, 1.807) is 12.4 Å². The van der Waals surface area contributed by atoms with E-state index in [1.165, 1.54) is 17.8 Å². The van der Waals surface area contributed by atoms with Crippen LogP contribution in [0.2, 0.25) is 0 Å². The topological polar surface area (TPSA) is 38.1 Å². The number of nitrogens with zero attached hydrogens (tertiary/aromatic N) is 2. The Labute approximate surface area is 134 Å². The maximum Gasteiger partial charge on any atom is 0.123 e. The number of benzene rings is 1. The fourth-order valence-corrected chi connectivity index (χ4v) is 3.57. The fraction of sp³-hybridized carbons (Fsp3) is 0.211. The van der Waals surface area contributed by atoms with Crippen molar-refractivity contribution < 1.29 is 9.50 Å². The number of aliphatic hydroxyl groups excluding tert-OH is 1. The second-order valence-corrected chi connectivity index (χ2v) is 5.80. The summed E-state index contributed by atoms with van der Waals surface area (Å²) in [5, 5.41) is 9.96. The van der Waals surface area contributed by atoms with Gasteiger partial charge in [-0.3, -0.25) is 4.98 Å². The van der Waals surface area contributed by atoms with E-state index in [-0.39, 0.29) is 12.4 Å². The third-order valence-corrected chi connectivity index (χ3v) is 4.52. The average molecular weight is 308 g/mol. The highest BCUT2D eigenvalue weighted by molar-refractivity contribution is 5.85. The normalized spacial score (nSPS) is 13.3. The molecule has 3 aromatic rings. The Morgan fingerprint density at radius 3 is 2.48 bits per heavy atom. The Bertz CT molecular complexity index is 838. The van der Waals surface area contributed by atoms with Gasteiger partial charge in [-0.1, -0.05) is 0 Å². The maximum atomic E-state index is 13.3. The summed E-state index contributed by atoms with van der Waals surface area (Å²) < 4.78 is 15.6. The van der Waals surface area contributed by atoms with Gasteiger partial charge in [0.05, 0.1) is 12.3 Å². The van der Waals surface area contributed by atoms with Crippen LogP contribution in [0.1, 0.15) is 17.7 Å². The van der Waals surface area contributed by atoms with Crippen molar-refractivity contribution in [3.05, 3.63) is 65.9 Å². The van der Waals surface area contributed by atoms with Crippen molar-refractivity contribution >= 4 is 0 Å². The summed E-state index contributed by atoms with van der Waals surface area (Å²) >= 11 is 0. The molecule has 0 spiro atoms. The Morgan fingerprint density at radius 2 is 1.78 bits per heavy atom. The number of halogens is 1. The molecule has 3 nitrogen and oxygen atoms in total. The van der Waals surface area contributed by atoms with Gasteiger partial charge in [-0.05, 0) is 60.4 Å². The minimum atomic E-state index is -0.241. The van der Waals surface area contributed by atoms with Gasteiger partial charge in [0.15, 0.2) is 0 Å². The van der Waals surface area contributed by atoms with E-state index in [0.717, 1.165) is 47.3 Å². The molecule has 0 fully saturated rings. The molecule has 1 aromatic carbocycles. The maximum absolute atomic E-state index is 13.3. The fourth-order valence-electron chi connectivity index (χ4n) is 3.57. The first-order valence-electron chi connectivity index (χ1n) is 7.81. The molecule has 0 saturated carbocycles. The molecule has 1 aliphatic rings. The molecule has 1 N–H and O–H groups in total. The van der Waals surface area contributed by atoms with E-state index in [9.17, 15) is 9.50 Å². The number of rotatable bonds is 3. The molecule has 0 atom stereocenters. The smallest absolute Gasteiger partial charge is 0.123 e. The molecule has 3 heterocycles. The van der Waals surface area contributed by atoms with Gasteiger partial charge in [-0.2, -0.15) is 0 Å². The molecule has 0 saturated heterocycles. The van der Waals surface area contributed by atoms with Gasteiger partial charge >= 0.3 is 0 Å². The zero-order valence-corrected chi connectivity index (χ0v) is 12.7. The van der Waals surface area contributed by atoms with Crippen molar-refractivity contribution in [3.8, 4) is 22.4 Å². The average Bonchev–Trinajstić information content (AvgIpc) is 3.16. The van der Waals surface area contributed by atoms with Crippen LogP contribution >= 0.6 is 0 Å². The Morgan fingerprint density at radius 1 is 1.04 bits per heavy atom. The first kappa shape index (κ1) is 14.2. The molecule has 0 unspecified atom stereocenters. The van der Waals surface area contributed by atoms with E-state index in [0.29, 0.717) is 0 Å². The summed E-state index contributed by atoms with van der Waals surface area (Å²) in [5.41, 5.74) is 6.28. The summed E-state index contributed by atoms with van der Waals surface area (Å²) in [6.07, 6.45) is 5.56. The van der Waals surface area contributed by atoms with E-state index in [2.05, 4.69) is 9.55 Å². The molecule has 116 valence electrons. The lowest BCUT2D eigenvalue weighted by Crippen LogP contribution is -1.96. The van der Waals surface area contributed by atoms with Crippen LogP contribution in [0, 0.1) is 5.82 Å². The number of hydrogen-bond acceptors (Lipinski definition) is 2. The zero-order chi connectivity index (χ0) is 15.8. The summed E-state index contributed by atoms with van der Waals surface area (Å²) in [4.78, 5) is 4.08. The molecule has 0 amide bonds. The minimum Gasteiger partial charge on any atom is -0.392 e. The minimum absolute atomic E-state index is 0.00812. The first-order chi connectivity index (χ1) is 11.3. The third-order valence-electron chi connectivity index (χ3n) is 4.52. The van der Waals surface area contributed by atoms with Crippen LogP contribution < -0.4 is 0 Å². The molecule has 0 aliphatic carbocycles. The first-order valence-corrected chi connectivity index (χ1v) is 7.81. The summed E-state index contributed by atoms with van der Waals surface area (Å²) in [7, 11) is 0. The number of fused-ring (bicyclic) bond motifs is 1. The zero-order valence-electron chi connectivity index (χ0n) is 12.7. The van der Waals surface area contributed by atoms with Crippen LogP contribution in [-0.4, -0.2) is 14.7 Å². The molecule has 4 rings (SSSR count). The SMILES string of the molecule is OCc1c(-c2ccncc2)c(-c2ccc(F)cc2)n2c1CCC2. The Kier molecular flexibility index (Phi) is 3.46. The molecular formula is C19H17FN2O. The molecule has 1 aliphatic heterocycles. The lowest BCUT2D eigenvalue weighted by molar-refractivity contribution is 0.281.